The summed E-state index contributed by atoms with van der Waals surface area (Å²) >= 11 is 0. The lowest BCUT2D eigenvalue weighted by molar-refractivity contribution is 0.180. The molecule has 0 fully saturated rings. The first-order valence-corrected chi connectivity index (χ1v) is 7.54. The quantitative estimate of drug-likeness (QED) is 0.870. The molecule has 21 heavy (non-hydrogen) atoms. The first kappa shape index (κ1) is 15.5. The summed E-state index contributed by atoms with van der Waals surface area (Å²) in [5, 5.41) is 0. The highest BCUT2D eigenvalue weighted by Crippen LogP contribution is 2.26. The molecule has 2 rings (SSSR count). The number of ether oxygens (including phenoxy) is 1. The van der Waals surface area contributed by atoms with Crippen LogP contribution in [0.1, 0.15) is 50.3 Å². The summed E-state index contributed by atoms with van der Waals surface area (Å²) < 4.78 is 6.08. The summed E-state index contributed by atoms with van der Waals surface area (Å²) in [6.45, 7) is 6.39. The lowest BCUT2D eigenvalue weighted by Gasteiger charge is -2.23. The Morgan fingerprint density at radius 1 is 1.00 bits per heavy atom. The zero-order valence-electron chi connectivity index (χ0n) is 13.0. The van der Waals surface area contributed by atoms with Gasteiger partial charge < -0.3 is 10.5 Å². The molecule has 0 spiro atoms. The number of pyridine rings is 1. The van der Waals surface area contributed by atoms with E-state index < -0.39 is 0 Å². The summed E-state index contributed by atoms with van der Waals surface area (Å²) in [4.78, 5) is 4.04. The van der Waals surface area contributed by atoms with Crippen molar-refractivity contribution in [2.75, 3.05) is 0 Å². The van der Waals surface area contributed by atoms with Crippen LogP contribution in [0.15, 0.2) is 48.8 Å². The number of aromatic nitrogens is 1. The summed E-state index contributed by atoms with van der Waals surface area (Å²) in [6.07, 6.45) is 4.50. The Morgan fingerprint density at radius 3 is 2.14 bits per heavy atom. The Balaban J connectivity index is 2.14. The molecule has 2 N–H and O–H groups in total. The van der Waals surface area contributed by atoms with Gasteiger partial charge in [-0.05, 0) is 54.7 Å². The zero-order valence-corrected chi connectivity index (χ0v) is 13.0. The van der Waals surface area contributed by atoms with Crippen molar-refractivity contribution in [3.05, 3.63) is 59.9 Å². The van der Waals surface area contributed by atoms with Crippen molar-refractivity contribution in [3.8, 4) is 5.75 Å². The van der Waals surface area contributed by atoms with Crippen molar-refractivity contribution in [3.63, 3.8) is 0 Å². The minimum Gasteiger partial charge on any atom is -0.484 e. The van der Waals surface area contributed by atoms with E-state index in [1.54, 1.807) is 12.4 Å². The smallest absolute Gasteiger partial charge is 0.139 e. The van der Waals surface area contributed by atoms with Gasteiger partial charge in [-0.2, -0.15) is 0 Å². The number of hydrogen-bond donors (Lipinski definition) is 1. The van der Waals surface area contributed by atoms with Crippen LogP contribution in [0.5, 0.6) is 5.75 Å². The predicted molar refractivity (Wildman–Crippen MR) is 86.4 cm³/mol. The number of rotatable bonds is 6. The Hall–Kier alpha value is -1.87. The van der Waals surface area contributed by atoms with Gasteiger partial charge in [0.2, 0.25) is 0 Å². The van der Waals surface area contributed by atoms with Crippen LogP contribution < -0.4 is 10.5 Å². The highest BCUT2D eigenvalue weighted by Gasteiger charge is 2.18. The van der Waals surface area contributed by atoms with E-state index >= 15 is 0 Å². The first-order valence-electron chi connectivity index (χ1n) is 7.54. The van der Waals surface area contributed by atoms with Crippen molar-refractivity contribution in [2.24, 2.45) is 5.73 Å². The third-order valence-corrected chi connectivity index (χ3v) is 3.84. The van der Waals surface area contributed by atoms with Gasteiger partial charge in [0.05, 0.1) is 0 Å². The average molecular weight is 284 g/mol. The fourth-order valence-corrected chi connectivity index (χ4v) is 2.29. The van der Waals surface area contributed by atoms with E-state index in [2.05, 4.69) is 31.0 Å². The van der Waals surface area contributed by atoms with Gasteiger partial charge in [-0.1, -0.05) is 26.0 Å². The monoisotopic (exact) mass is 284 g/mol. The van der Waals surface area contributed by atoms with E-state index in [0.29, 0.717) is 5.92 Å². The Labute approximate surface area is 127 Å². The van der Waals surface area contributed by atoms with Gasteiger partial charge in [-0.3, -0.25) is 4.98 Å². The number of nitrogens with zero attached hydrogens (tertiary/aromatic N) is 1. The first-order chi connectivity index (χ1) is 10.1. The number of hydrogen-bond acceptors (Lipinski definition) is 3. The minimum absolute atomic E-state index is 0.0957. The molecule has 3 unspecified atom stereocenters. The molecule has 3 nitrogen and oxygen atoms in total. The van der Waals surface area contributed by atoms with Crippen LogP contribution >= 0.6 is 0 Å². The van der Waals surface area contributed by atoms with E-state index in [1.165, 1.54) is 5.56 Å². The molecule has 0 aliphatic heterocycles. The second kappa shape index (κ2) is 7.23. The predicted octanol–water partition coefficient (Wildman–Crippen LogP) is 4.06. The van der Waals surface area contributed by atoms with Gasteiger partial charge in [0.25, 0.3) is 0 Å². The largest absolute Gasteiger partial charge is 0.484 e. The van der Waals surface area contributed by atoms with Crippen LogP contribution in [-0.4, -0.2) is 11.0 Å². The van der Waals surface area contributed by atoms with Gasteiger partial charge in [0.1, 0.15) is 11.9 Å². The van der Waals surface area contributed by atoms with Gasteiger partial charge >= 0.3 is 0 Å². The Morgan fingerprint density at radius 2 is 1.62 bits per heavy atom. The topological polar surface area (TPSA) is 48.1 Å². The summed E-state index contributed by atoms with van der Waals surface area (Å²) in [5.74, 6) is 1.42. The molecule has 0 radical (unpaired) electrons. The summed E-state index contributed by atoms with van der Waals surface area (Å²) in [6, 6.07) is 12.1. The highest BCUT2D eigenvalue weighted by atomic mass is 16.5. The van der Waals surface area contributed by atoms with Crippen LogP contribution in [0.3, 0.4) is 0 Å². The Kier molecular flexibility index (Phi) is 5.34. The van der Waals surface area contributed by atoms with Gasteiger partial charge in [0.15, 0.2) is 0 Å². The number of benzene rings is 1. The van der Waals surface area contributed by atoms with E-state index in [4.69, 9.17) is 10.5 Å². The molecule has 1 aromatic carbocycles. The minimum atomic E-state index is -0.164. The standard InChI is InChI=1S/C18H24N2O/c1-4-13(2)15-5-7-17(8-6-15)21-18(14(3)19)16-9-11-20-12-10-16/h5-14,18H,4,19H2,1-3H3. The fraction of sp³-hybridized carbons (Fsp3) is 0.389. The fourth-order valence-electron chi connectivity index (χ4n) is 2.29. The third-order valence-electron chi connectivity index (χ3n) is 3.84. The molecule has 0 amide bonds. The normalized spacial score (nSPS) is 15.2. The van der Waals surface area contributed by atoms with E-state index in [-0.39, 0.29) is 12.1 Å². The summed E-state index contributed by atoms with van der Waals surface area (Å²) in [5.41, 5.74) is 8.46. The van der Waals surface area contributed by atoms with Gasteiger partial charge in [-0.25, -0.2) is 0 Å². The second-order valence-corrected chi connectivity index (χ2v) is 5.56. The maximum Gasteiger partial charge on any atom is 0.139 e. The van der Waals surface area contributed by atoms with Crippen LogP contribution in [0.4, 0.5) is 0 Å². The van der Waals surface area contributed by atoms with Crippen LogP contribution in [0, 0.1) is 0 Å². The molecular weight excluding hydrogens is 260 g/mol. The molecule has 0 bridgehead atoms. The van der Waals surface area contributed by atoms with Crippen LogP contribution in [0.25, 0.3) is 0 Å². The number of nitrogens with two attached hydrogens (primary N) is 1. The maximum atomic E-state index is 6.08. The summed E-state index contributed by atoms with van der Waals surface area (Å²) in [7, 11) is 0. The van der Waals surface area contributed by atoms with Crippen LogP contribution in [0.2, 0.25) is 0 Å². The SMILES string of the molecule is CCC(C)c1ccc(OC(c2ccncc2)C(C)N)cc1. The van der Waals surface area contributed by atoms with Crippen molar-refractivity contribution in [2.45, 2.75) is 45.3 Å². The van der Waals surface area contributed by atoms with E-state index in [0.717, 1.165) is 17.7 Å². The highest BCUT2D eigenvalue weighted by molar-refractivity contribution is 5.30. The second-order valence-electron chi connectivity index (χ2n) is 5.56. The Bertz CT molecular complexity index is 537. The van der Waals surface area contributed by atoms with Crippen molar-refractivity contribution in [1.82, 2.24) is 4.98 Å². The lowest BCUT2D eigenvalue weighted by atomic mass is 9.99. The lowest BCUT2D eigenvalue weighted by Crippen LogP contribution is -2.29. The molecule has 0 saturated heterocycles. The molecule has 3 heteroatoms. The average Bonchev–Trinajstić information content (AvgIpc) is 2.53. The van der Waals surface area contributed by atoms with Crippen molar-refractivity contribution >= 4 is 0 Å². The molecule has 112 valence electrons. The zero-order chi connectivity index (χ0) is 15.2. The molecule has 2 aromatic rings. The molecular formula is C18H24N2O. The van der Waals surface area contributed by atoms with Crippen LogP contribution in [-0.2, 0) is 0 Å². The molecule has 0 saturated carbocycles. The van der Waals surface area contributed by atoms with Crippen molar-refractivity contribution < 1.29 is 4.74 Å². The maximum absolute atomic E-state index is 6.08. The third kappa shape index (κ3) is 4.05. The van der Waals surface area contributed by atoms with Gasteiger partial charge in [-0.15, -0.1) is 0 Å². The molecule has 1 aromatic heterocycles. The van der Waals surface area contributed by atoms with E-state index in [9.17, 15) is 0 Å². The molecule has 0 aliphatic rings. The van der Waals surface area contributed by atoms with Crippen molar-refractivity contribution in [1.29, 1.82) is 0 Å². The van der Waals surface area contributed by atoms with Gasteiger partial charge in [0, 0.05) is 18.4 Å². The molecule has 1 heterocycles. The molecule has 0 aliphatic carbocycles. The van der Waals surface area contributed by atoms with E-state index in [1.807, 2.05) is 31.2 Å². The molecule has 3 atom stereocenters.